The standard InChI is InChI=1S/C27H24F3NO8S/c1-15-21(40(35,36)17-9-7-6-8-10-17)14-19(22(32)37-5)26(15)18-13-16(38-27(28,29)30)11-12-20(18)31(23(26)33)24(34)39-25(2,3)4/h6-14H,1-5H3/t26-/m0/s1. The van der Waals surface area contributed by atoms with Gasteiger partial charge in [0.2, 0.25) is 9.84 Å². The second-order valence-corrected chi connectivity index (χ2v) is 11.9. The van der Waals surface area contributed by atoms with Gasteiger partial charge in [0.15, 0.2) is 0 Å². The van der Waals surface area contributed by atoms with Gasteiger partial charge in [0.05, 0.1) is 28.2 Å². The third-order valence-electron chi connectivity index (χ3n) is 6.31. The number of amides is 2. The molecule has 0 bridgehead atoms. The van der Waals surface area contributed by atoms with Crippen LogP contribution in [-0.2, 0) is 34.3 Å². The fourth-order valence-electron chi connectivity index (χ4n) is 4.77. The molecule has 1 atom stereocenters. The molecule has 2 aromatic rings. The first-order valence-electron chi connectivity index (χ1n) is 11.7. The van der Waals surface area contributed by atoms with Crippen molar-refractivity contribution >= 4 is 33.5 Å². The largest absolute Gasteiger partial charge is 0.573 e. The predicted octanol–water partition coefficient (Wildman–Crippen LogP) is 4.97. The zero-order chi connectivity index (χ0) is 29.8. The molecule has 40 heavy (non-hydrogen) atoms. The summed E-state index contributed by atoms with van der Waals surface area (Å²) in [4.78, 5) is 40.5. The van der Waals surface area contributed by atoms with Crippen molar-refractivity contribution in [1.82, 2.24) is 0 Å². The zero-order valence-corrected chi connectivity index (χ0v) is 22.8. The molecule has 1 aliphatic heterocycles. The van der Waals surface area contributed by atoms with Gasteiger partial charge >= 0.3 is 18.4 Å². The summed E-state index contributed by atoms with van der Waals surface area (Å²) in [5.74, 6) is -3.03. The number of hydrogen-bond acceptors (Lipinski definition) is 8. The van der Waals surface area contributed by atoms with Gasteiger partial charge in [-0.1, -0.05) is 18.2 Å². The van der Waals surface area contributed by atoms with Gasteiger partial charge in [-0.05, 0) is 69.7 Å². The number of imide groups is 1. The molecule has 1 spiro atoms. The number of alkyl halides is 3. The summed E-state index contributed by atoms with van der Waals surface area (Å²) in [5, 5.41) is 0. The molecule has 212 valence electrons. The van der Waals surface area contributed by atoms with Crippen LogP contribution < -0.4 is 9.64 Å². The molecular weight excluding hydrogens is 555 g/mol. The predicted molar refractivity (Wildman–Crippen MR) is 135 cm³/mol. The summed E-state index contributed by atoms with van der Waals surface area (Å²) in [5.41, 5.74) is -4.68. The number of esters is 1. The van der Waals surface area contributed by atoms with Gasteiger partial charge in [-0.3, -0.25) is 4.79 Å². The number of fused-ring (bicyclic) bond motifs is 2. The molecule has 0 saturated carbocycles. The van der Waals surface area contributed by atoms with E-state index in [2.05, 4.69) is 4.74 Å². The molecule has 0 fully saturated rings. The van der Waals surface area contributed by atoms with Crippen molar-refractivity contribution in [2.45, 2.75) is 50.0 Å². The molecular formula is C27H24F3NO8S. The molecule has 13 heteroatoms. The maximum Gasteiger partial charge on any atom is 0.573 e. The number of halogens is 3. The van der Waals surface area contributed by atoms with Crippen molar-refractivity contribution in [3.05, 3.63) is 76.2 Å². The topological polar surface area (TPSA) is 116 Å². The minimum Gasteiger partial charge on any atom is -0.466 e. The number of carbonyl (C=O) groups is 3. The summed E-state index contributed by atoms with van der Waals surface area (Å²) in [6, 6.07) is 9.88. The number of carbonyl (C=O) groups excluding carboxylic acids is 3. The van der Waals surface area contributed by atoms with Crippen LogP contribution in [0.15, 0.2) is 75.6 Å². The molecule has 4 rings (SSSR count). The number of ether oxygens (including phenoxy) is 3. The highest BCUT2D eigenvalue weighted by molar-refractivity contribution is 7.95. The Morgan fingerprint density at radius 1 is 1.00 bits per heavy atom. The van der Waals surface area contributed by atoms with Gasteiger partial charge in [0.25, 0.3) is 5.91 Å². The van der Waals surface area contributed by atoms with Gasteiger partial charge in [-0.15, -0.1) is 13.2 Å². The average Bonchev–Trinajstić information content (AvgIpc) is 3.30. The maximum atomic E-state index is 14.2. The van der Waals surface area contributed by atoms with E-state index in [1.165, 1.54) is 52.0 Å². The molecule has 0 aromatic heterocycles. The fraction of sp³-hybridized carbons (Fsp3) is 0.296. The van der Waals surface area contributed by atoms with Crippen LogP contribution in [0.25, 0.3) is 0 Å². The Bertz CT molecular complexity index is 1590. The highest BCUT2D eigenvalue weighted by atomic mass is 32.2. The van der Waals surface area contributed by atoms with Gasteiger partial charge in [-0.2, -0.15) is 0 Å². The Balaban J connectivity index is 2.06. The molecule has 2 amide bonds. The van der Waals surface area contributed by atoms with Crippen molar-refractivity contribution in [3.8, 4) is 5.75 Å². The van der Waals surface area contributed by atoms with Crippen molar-refractivity contribution in [2.75, 3.05) is 12.0 Å². The van der Waals surface area contributed by atoms with E-state index in [4.69, 9.17) is 9.47 Å². The smallest absolute Gasteiger partial charge is 0.466 e. The Labute approximate surface area is 227 Å². The van der Waals surface area contributed by atoms with Crippen LogP contribution in [0.3, 0.4) is 0 Å². The van der Waals surface area contributed by atoms with Crippen LogP contribution in [0.1, 0.15) is 33.3 Å². The number of rotatable bonds is 4. The van der Waals surface area contributed by atoms with E-state index in [-0.39, 0.29) is 21.7 Å². The van der Waals surface area contributed by atoms with Crippen LogP contribution in [-0.4, -0.2) is 45.5 Å². The maximum absolute atomic E-state index is 14.2. The number of anilines is 1. The monoisotopic (exact) mass is 579 g/mol. The first kappa shape index (κ1) is 28.9. The highest BCUT2D eigenvalue weighted by Crippen LogP contribution is 2.57. The number of benzene rings is 2. The zero-order valence-electron chi connectivity index (χ0n) is 22.0. The van der Waals surface area contributed by atoms with Gasteiger partial charge in [0.1, 0.15) is 16.8 Å². The van der Waals surface area contributed by atoms with E-state index >= 15 is 0 Å². The Kier molecular flexibility index (Phi) is 6.86. The second kappa shape index (κ2) is 9.51. The van der Waals surface area contributed by atoms with E-state index in [0.717, 1.165) is 31.4 Å². The van der Waals surface area contributed by atoms with E-state index < -0.39 is 61.4 Å². The number of sulfone groups is 1. The number of nitrogens with zero attached hydrogens (tertiary/aromatic N) is 1. The SMILES string of the molecule is COC(=O)C1=CC(S(=O)(=O)c2ccccc2)=C(C)[C@@]12C(=O)N(C(=O)OC(C)(C)C)c1ccc(OC(F)(F)F)cc12. The molecule has 1 heterocycles. The van der Waals surface area contributed by atoms with E-state index in [1.807, 2.05) is 0 Å². The molecule has 0 saturated heterocycles. The van der Waals surface area contributed by atoms with Crippen molar-refractivity contribution < 1.29 is 50.2 Å². The molecule has 0 unspecified atom stereocenters. The summed E-state index contributed by atoms with van der Waals surface area (Å²) in [6.45, 7) is 5.86. The summed E-state index contributed by atoms with van der Waals surface area (Å²) in [6.07, 6.45) is -5.35. The van der Waals surface area contributed by atoms with E-state index in [0.29, 0.717) is 4.90 Å². The average molecular weight is 580 g/mol. The second-order valence-electron chi connectivity index (χ2n) is 9.95. The van der Waals surface area contributed by atoms with Gasteiger partial charge < -0.3 is 14.2 Å². The van der Waals surface area contributed by atoms with Gasteiger partial charge in [-0.25, -0.2) is 22.9 Å². The third kappa shape index (κ3) is 4.63. The lowest BCUT2D eigenvalue weighted by Crippen LogP contribution is -2.47. The Morgan fingerprint density at radius 2 is 1.62 bits per heavy atom. The first-order chi connectivity index (χ1) is 18.4. The lowest BCUT2D eigenvalue weighted by Gasteiger charge is -2.29. The van der Waals surface area contributed by atoms with Crippen LogP contribution in [0.4, 0.5) is 23.7 Å². The number of methoxy groups -OCH3 is 1. The van der Waals surface area contributed by atoms with Crippen molar-refractivity contribution in [1.29, 1.82) is 0 Å². The summed E-state index contributed by atoms with van der Waals surface area (Å²) >= 11 is 0. The lowest BCUT2D eigenvalue weighted by molar-refractivity contribution is -0.274. The molecule has 2 aromatic carbocycles. The molecule has 0 N–H and O–H groups in total. The quantitative estimate of drug-likeness (QED) is 0.467. The van der Waals surface area contributed by atoms with Crippen LogP contribution in [0, 0.1) is 0 Å². The van der Waals surface area contributed by atoms with Crippen LogP contribution >= 0.6 is 0 Å². The lowest BCUT2D eigenvalue weighted by atomic mass is 9.72. The molecule has 9 nitrogen and oxygen atoms in total. The van der Waals surface area contributed by atoms with E-state index in [9.17, 15) is 36.0 Å². The number of hydrogen-bond donors (Lipinski definition) is 0. The molecule has 2 aliphatic rings. The highest BCUT2D eigenvalue weighted by Gasteiger charge is 2.62. The first-order valence-corrected chi connectivity index (χ1v) is 13.2. The van der Waals surface area contributed by atoms with Crippen molar-refractivity contribution in [2.24, 2.45) is 0 Å². The Hall–Kier alpha value is -4.13. The minimum absolute atomic E-state index is 0.161. The van der Waals surface area contributed by atoms with Crippen LogP contribution in [0.5, 0.6) is 5.75 Å². The number of allylic oxidation sites excluding steroid dienone is 1. The molecule has 0 radical (unpaired) electrons. The molecule has 1 aliphatic carbocycles. The van der Waals surface area contributed by atoms with Crippen molar-refractivity contribution in [3.63, 3.8) is 0 Å². The van der Waals surface area contributed by atoms with E-state index in [1.54, 1.807) is 6.07 Å². The summed E-state index contributed by atoms with van der Waals surface area (Å²) in [7, 11) is -3.37. The fourth-order valence-corrected chi connectivity index (χ4v) is 6.37. The third-order valence-corrected chi connectivity index (χ3v) is 8.20. The van der Waals surface area contributed by atoms with Crippen LogP contribution in [0.2, 0.25) is 0 Å². The normalized spacial score (nSPS) is 19.1. The minimum atomic E-state index is -5.11. The Morgan fingerprint density at radius 3 is 2.17 bits per heavy atom. The van der Waals surface area contributed by atoms with Gasteiger partial charge in [0, 0.05) is 5.56 Å². The summed E-state index contributed by atoms with van der Waals surface area (Å²) < 4.78 is 81.0.